The topological polar surface area (TPSA) is 64.4 Å². The van der Waals surface area contributed by atoms with Crippen LogP contribution < -0.4 is 0 Å². The van der Waals surface area contributed by atoms with Crippen molar-refractivity contribution in [1.29, 1.82) is 0 Å². The molecule has 3 unspecified atom stereocenters. The maximum atomic E-state index is 13.3. The van der Waals surface area contributed by atoms with Crippen molar-refractivity contribution in [2.24, 2.45) is 0 Å². The average Bonchev–Trinajstić information content (AvgIpc) is 3.33. The molecule has 1 amide bonds. The first-order chi connectivity index (χ1) is 17.3. The molecule has 0 spiro atoms. The Morgan fingerprint density at radius 3 is 2.44 bits per heavy atom. The summed E-state index contributed by atoms with van der Waals surface area (Å²) in [5, 5.41) is 0.682. The Bertz CT molecular complexity index is 1140. The predicted molar refractivity (Wildman–Crippen MR) is 146 cm³/mol. The highest BCUT2D eigenvalue weighted by Gasteiger charge is 2.32. The number of carbonyl (C=O) groups is 2. The molecular formula is C28H34ClN3O3S. The van der Waals surface area contributed by atoms with E-state index >= 15 is 0 Å². The minimum atomic E-state index is -0.754. The smallest absolute Gasteiger partial charge is 0.328 e. The summed E-state index contributed by atoms with van der Waals surface area (Å²) in [5.41, 5.74) is 2.79. The molecule has 192 valence electrons. The molecule has 3 atom stereocenters. The number of hydrogen-bond acceptors (Lipinski definition) is 5. The molecule has 3 aromatic rings. The molecule has 0 aliphatic carbocycles. The average molecular weight is 528 g/mol. The molecule has 0 radical (unpaired) electrons. The van der Waals surface area contributed by atoms with Crippen LogP contribution >= 0.6 is 24.2 Å². The number of benzene rings is 2. The molecule has 36 heavy (non-hydrogen) atoms. The maximum Gasteiger partial charge on any atom is 0.328 e. The molecule has 3 rings (SSSR count). The highest BCUT2D eigenvalue weighted by molar-refractivity contribution is 7.80. The molecule has 1 heterocycles. The highest BCUT2D eigenvalue weighted by Crippen LogP contribution is 2.28. The van der Waals surface area contributed by atoms with Crippen molar-refractivity contribution in [2.45, 2.75) is 63.4 Å². The molecule has 0 saturated carbocycles. The van der Waals surface area contributed by atoms with E-state index in [9.17, 15) is 9.59 Å². The number of hydrogen-bond donors (Lipinski definition) is 1. The van der Waals surface area contributed by atoms with Crippen molar-refractivity contribution in [1.82, 2.24) is 14.5 Å². The van der Waals surface area contributed by atoms with Crippen molar-refractivity contribution in [3.05, 3.63) is 89.0 Å². The van der Waals surface area contributed by atoms with Crippen LogP contribution in [0.2, 0.25) is 5.02 Å². The Balaban J connectivity index is 1.96. The summed E-state index contributed by atoms with van der Waals surface area (Å²) in [5.74, 6) is -0.539. The molecule has 0 bridgehead atoms. The molecule has 2 aromatic carbocycles. The van der Waals surface area contributed by atoms with Crippen LogP contribution in [-0.2, 0) is 33.7 Å². The summed E-state index contributed by atoms with van der Waals surface area (Å²) < 4.78 is 7.18. The van der Waals surface area contributed by atoms with Crippen LogP contribution in [0.3, 0.4) is 0 Å². The number of halogens is 1. The standard InChI is InChI=1S/C28H34ClN3O3S/c1-4-10-27(33)31(26(28(34)35-3)15-21-11-6-5-7-12-21)18-23-17-30-19-32(23)25(20(2)36)16-22-13-8-9-14-24(22)29/h5-9,11-14,17,19-20,25-26,36H,4,10,15-16,18H2,1-3H3. The van der Waals surface area contributed by atoms with E-state index in [2.05, 4.69) is 4.98 Å². The zero-order valence-corrected chi connectivity index (χ0v) is 22.7. The third-order valence-corrected chi connectivity index (χ3v) is 7.00. The van der Waals surface area contributed by atoms with Crippen molar-refractivity contribution in [2.75, 3.05) is 7.11 Å². The molecule has 0 aliphatic rings. The Morgan fingerprint density at radius 1 is 1.11 bits per heavy atom. The summed E-state index contributed by atoms with van der Waals surface area (Å²) in [6.45, 7) is 4.21. The fourth-order valence-electron chi connectivity index (χ4n) is 4.34. The Kier molecular flexibility index (Phi) is 10.4. The number of carbonyl (C=O) groups excluding carboxylic acids is 2. The number of amides is 1. The molecule has 0 fully saturated rings. The van der Waals surface area contributed by atoms with Gasteiger partial charge in [0.05, 0.1) is 31.7 Å². The van der Waals surface area contributed by atoms with E-state index in [0.29, 0.717) is 30.7 Å². The van der Waals surface area contributed by atoms with Crippen LogP contribution in [0.15, 0.2) is 67.1 Å². The molecule has 0 aliphatic heterocycles. The van der Waals surface area contributed by atoms with Gasteiger partial charge >= 0.3 is 5.97 Å². The van der Waals surface area contributed by atoms with E-state index in [4.69, 9.17) is 29.0 Å². The van der Waals surface area contributed by atoms with Gasteiger partial charge in [0.2, 0.25) is 5.91 Å². The second-order valence-electron chi connectivity index (χ2n) is 8.90. The quantitative estimate of drug-likeness (QED) is 0.248. The Hall–Kier alpha value is -2.77. The number of imidazole rings is 1. The monoisotopic (exact) mass is 527 g/mol. The second kappa shape index (κ2) is 13.5. The van der Waals surface area contributed by atoms with Gasteiger partial charge in [-0.2, -0.15) is 12.6 Å². The lowest BCUT2D eigenvalue weighted by Crippen LogP contribution is -2.47. The Morgan fingerprint density at radius 2 is 1.81 bits per heavy atom. The third kappa shape index (κ3) is 7.14. The first-order valence-corrected chi connectivity index (χ1v) is 13.1. The molecule has 6 nitrogen and oxygen atoms in total. The largest absolute Gasteiger partial charge is 0.467 e. The van der Waals surface area contributed by atoms with Crippen LogP contribution in [-0.4, -0.2) is 44.7 Å². The number of rotatable bonds is 12. The van der Waals surface area contributed by atoms with Crippen molar-refractivity contribution in [3.8, 4) is 0 Å². The zero-order valence-electron chi connectivity index (χ0n) is 21.0. The van der Waals surface area contributed by atoms with Gasteiger partial charge in [-0.1, -0.05) is 74.0 Å². The van der Waals surface area contributed by atoms with E-state index in [1.807, 2.05) is 73.0 Å². The van der Waals surface area contributed by atoms with Gasteiger partial charge in [-0.3, -0.25) is 4.79 Å². The van der Waals surface area contributed by atoms with Crippen LogP contribution in [0.4, 0.5) is 0 Å². The third-order valence-electron chi connectivity index (χ3n) is 6.29. The first-order valence-electron chi connectivity index (χ1n) is 12.2. The van der Waals surface area contributed by atoms with E-state index in [-0.39, 0.29) is 23.7 Å². The summed E-state index contributed by atoms with van der Waals surface area (Å²) in [6.07, 6.45) is 5.54. The van der Waals surface area contributed by atoms with Gasteiger partial charge in [-0.15, -0.1) is 0 Å². The van der Waals surface area contributed by atoms with E-state index in [0.717, 1.165) is 16.8 Å². The lowest BCUT2D eigenvalue weighted by molar-refractivity contribution is -0.153. The maximum absolute atomic E-state index is 13.3. The molecule has 0 N–H and O–H groups in total. The number of aromatic nitrogens is 2. The molecule has 1 aromatic heterocycles. The summed E-state index contributed by atoms with van der Waals surface area (Å²) in [7, 11) is 1.36. The van der Waals surface area contributed by atoms with E-state index in [1.54, 1.807) is 17.4 Å². The highest BCUT2D eigenvalue weighted by atomic mass is 35.5. The SMILES string of the molecule is CCCC(=O)N(Cc1cncn1C(Cc1ccccc1Cl)C(C)S)C(Cc1ccccc1)C(=O)OC. The number of esters is 1. The van der Waals surface area contributed by atoms with Gasteiger partial charge in [-0.05, 0) is 30.0 Å². The first kappa shape index (κ1) is 27.8. The van der Waals surface area contributed by atoms with E-state index < -0.39 is 12.0 Å². The number of methoxy groups -OCH3 is 1. The predicted octanol–water partition coefficient (Wildman–Crippen LogP) is 5.55. The summed E-state index contributed by atoms with van der Waals surface area (Å²) in [4.78, 5) is 32.3. The van der Waals surface area contributed by atoms with E-state index in [1.165, 1.54) is 7.11 Å². The fourth-order valence-corrected chi connectivity index (χ4v) is 4.80. The molecular weight excluding hydrogens is 494 g/mol. The Labute approximate surface area is 224 Å². The summed E-state index contributed by atoms with van der Waals surface area (Å²) in [6, 6.07) is 16.6. The van der Waals surface area contributed by atoms with Gasteiger partial charge in [0.25, 0.3) is 0 Å². The van der Waals surface area contributed by atoms with Crippen LogP contribution in [0.1, 0.15) is 49.6 Å². The van der Waals surface area contributed by atoms with Crippen molar-refractivity contribution < 1.29 is 14.3 Å². The number of thiol groups is 1. The van der Waals surface area contributed by atoms with Crippen LogP contribution in [0, 0.1) is 0 Å². The molecule has 8 heteroatoms. The second-order valence-corrected chi connectivity index (χ2v) is 10.1. The lowest BCUT2D eigenvalue weighted by Gasteiger charge is -2.32. The normalized spacial score (nSPS) is 13.6. The minimum Gasteiger partial charge on any atom is -0.467 e. The molecule has 0 saturated heterocycles. The van der Waals surface area contributed by atoms with Crippen molar-refractivity contribution >= 4 is 36.1 Å². The van der Waals surface area contributed by atoms with Gasteiger partial charge in [-0.25, -0.2) is 9.78 Å². The number of ether oxygens (including phenoxy) is 1. The summed E-state index contributed by atoms with van der Waals surface area (Å²) >= 11 is 11.2. The lowest BCUT2D eigenvalue weighted by atomic mass is 10.0. The van der Waals surface area contributed by atoms with Crippen LogP contribution in [0.5, 0.6) is 0 Å². The van der Waals surface area contributed by atoms with Gasteiger partial charge < -0.3 is 14.2 Å². The fraction of sp³-hybridized carbons (Fsp3) is 0.393. The van der Waals surface area contributed by atoms with Gasteiger partial charge in [0.1, 0.15) is 6.04 Å². The number of nitrogens with zero attached hydrogens (tertiary/aromatic N) is 3. The minimum absolute atomic E-state index is 0.0188. The zero-order chi connectivity index (χ0) is 26.1. The van der Waals surface area contributed by atoms with Crippen molar-refractivity contribution in [3.63, 3.8) is 0 Å². The van der Waals surface area contributed by atoms with Gasteiger partial charge in [0.15, 0.2) is 0 Å². The van der Waals surface area contributed by atoms with Crippen LogP contribution in [0.25, 0.3) is 0 Å². The van der Waals surface area contributed by atoms with Gasteiger partial charge in [0, 0.05) is 29.3 Å².